The molecule has 2 aromatic heterocycles. The standard InChI is InChI=1S/C17H16BrFN4O2/c1-9-15(18)23-8-13(20-10(2)16(23)21-9)17(24)22(3)11-5-6-12(19)14(7-11)25-4/h5-8H,1-4H3. The van der Waals surface area contributed by atoms with Crippen LogP contribution < -0.4 is 9.64 Å². The first kappa shape index (κ1) is 17.3. The lowest BCUT2D eigenvalue weighted by Crippen LogP contribution is -2.27. The van der Waals surface area contributed by atoms with Gasteiger partial charge in [0.05, 0.1) is 18.5 Å². The molecule has 1 aromatic carbocycles. The number of aryl methyl sites for hydroxylation is 2. The van der Waals surface area contributed by atoms with E-state index in [-0.39, 0.29) is 17.4 Å². The number of nitrogens with zero attached hydrogens (tertiary/aromatic N) is 4. The highest BCUT2D eigenvalue weighted by molar-refractivity contribution is 9.10. The lowest BCUT2D eigenvalue weighted by atomic mass is 10.2. The van der Waals surface area contributed by atoms with Gasteiger partial charge in [0.1, 0.15) is 10.3 Å². The van der Waals surface area contributed by atoms with Gasteiger partial charge < -0.3 is 9.64 Å². The molecule has 130 valence electrons. The Labute approximate surface area is 152 Å². The molecule has 0 radical (unpaired) electrons. The summed E-state index contributed by atoms with van der Waals surface area (Å²) in [5.41, 5.74) is 2.90. The lowest BCUT2D eigenvalue weighted by Gasteiger charge is -2.18. The first-order valence-electron chi connectivity index (χ1n) is 7.47. The van der Waals surface area contributed by atoms with Crippen LogP contribution in [0.2, 0.25) is 0 Å². The number of fused-ring (bicyclic) bond motifs is 1. The van der Waals surface area contributed by atoms with E-state index in [1.54, 1.807) is 24.6 Å². The molecule has 25 heavy (non-hydrogen) atoms. The van der Waals surface area contributed by atoms with Crippen molar-refractivity contribution < 1.29 is 13.9 Å². The van der Waals surface area contributed by atoms with Crippen LogP contribution in [0.3, 0.4) is 0 Å². The Morgan fingerprint density at radius 2 is 2.00 bits per heavy atom. The van der Waals surface area contributed by atoms with E-state index >= 15 is 0 Å². The first-order valence-corrected chi connectivity index (χ1v) is 8.26. The van der Waals surface area contributed by atoms with Crippen LogP contribution in [0.5, 0.6) is 5.75 Å². The zero-order valence-corrected chi connectivity index (χ0v) is 15.8. The Hall–Kier alpha value is -2.48. The molecule has 0 spiro atoms. The highest BCUT2D eigenvalue weighted by Gasteiger charge is 2.20. The van der Waals surface area contributed by atoms with Gasteiger partial charge in [0.2, 0.25) is 0 Å². The van der Waals surface area contributed by atoms with Gasteiger partial charge in [-0.25, -0.2) is 14.4 Å². The molecule has 0 fully saturated rings. The summed E-state index contributed by atoms with van der Waals surface area (Å²) in [5.74, 6) is -0.734. The average Bonchev–Trinajstić information content (AvgIpc) is 2.89. The van der Waals surface area contributed by atoms with Crippen LogP contribution >= 0.6 is 15.9 Å². The average molecular weight is 407 g/mol. The van der Waals surface area contributed by atoms with Gasteiger partial charge in [-0.3, -0.25) is 9.20 Å². The Morgan fingerprint density at radius 3 is 2.68 bits per heavy atom. The van der Waals surface area contributed by atoms with Gasteiger partial charge in [-0.1, -0.05) is 0 Å². The second-order valence-corrected chi connectivity index (χ2v) is 6.33. The molecule has 0 unspecified atom stereocenters. The fourth-order valence-electron chi connectivity index (χ4n) is 2.53. The molecule has 8 heteroatoms. The van der Waals surface area contributed by atoms with E-state index < -0.39 is 5.82 Å². The van der Waals surface area contributed by atoms with E-state index in [1.807, 2.05) is 6.92 Å². The molecule has 0 N–H and O–H groups in total. The predicted molar refractivity (Wildman–Crippen MR) is 95.8 cm³/mol. The number of halogens is 2. The predicted octanol–water partition coefficient (Wildman–Crippen LogP) is 3.53. The number of carbonyl (C=O) groups excluding carboxylic acids is 1. The van der Waals surface area contributed by atoms with E-state index in [0.717, 1.165) is 10.3 Å². The minimum absolute atomic E-state index is 0.0738. The fourth-order valence-corrected chi connectivity index (χ4v) is 2.89. The van der Waals surface area contributed by atoms with Crippen molar-refractivity contribution in [1.82, 2.24) is 14.4 Å². The molecular weight excluding hydrogens is 391 g/mol. The Kier molecular flexibility index (Phi) is 4.47. The zero-order chi connectivity index (χ0) is 18.3. The number of ether oxygens (including phenoxy) is 1. The van der Waals surface area contributed by atoms with Crippen LogP contribution in [0, 0.1) is 19.7 Å². The topological polar surface area (TPSA) is 59.7 Å². The second-order valence-electron chi connectivity index (χ2n) is 5.58. The van der Waals surface area contributed by atoms with E-state index in [2.05, 4.69) is 25.9 Å². The fraction of sp³-hybridized carbons (Fsp3) is 0.235. The summed E-state index contributed by atoms with van der Waals surface area (Å²) >= 11 is 3.47. The number of imidazole rings is 1. The van der Waals surface area contributed by atoms with Gasteiger partial charge in [0.15, 0.2) is 17.2 Å². The Morgan fingerprint density at radius 1 is 1.28 bits per heavy atom. The summed E-state index contributed by atoms with van der Waals surface area (Å²) < 4.78 is 21.1. The third-order valence-electron chi connectivity index (χ3n) is 3.92. The maximum Gasteiger partial charge on any atom is 0.278 e. The first-order chi connectivity index (χ1) is 11.8. The molecule has 0 aliphatic rings. The molecule has 3 aromatic rings. The number of hydrogen-bond donors (Lipinski definition) is 0. The van der Waals surface area contributed by atoms with Crippen molar-refractivity contribution in [1.29, 1.82) is 0 Å². The smallest absolute Gasteiger partial charge is 0.278 e. The SMILES string of the molecule is COc1cc(N(C)C(=O)c2cn3c(Br)c(C)nc3c(C)n2)ccc1F. The molecule has 0 atom stereocenters. The molecular formula is C17H16BrFN4O2. The number of anilines is 1. The highest BCUT2D eigenvalue weighted by atomic mass is 79.9. The van der Waals surface area contributed by atoms with Crippen molar-refractivity contribution in [2.45, 2.75) is 13.8 Å². The van der Waals surface area contributed by atoms with Crippen molar-refractivity contribution >= 4 is 33.2 Å². The van der Waals surface area contributed by atoms with Gasteiger partial charge in [-0.15, -0.1) is 0 Å². The molecule has 0 saturated carbocycles. The van der Waals surface area contributed by atoms with Crippen molar-refractivity contribution in [2.75, 3.05) is 19.1 Å². The minimum Gasteiger partial charge on any atom is -0.494 e. The van der Waals surface area contributed by atoms with Crippen molar-refractivity contribution in [2.24, 2.45) is 0 Å². The van der Waals surface area contributed by atoms with Gasteiger partial charge in [0, 0.05) is 25.0 Å². The third kappa shape index (κ3) is 2.97. The van der Waals surface area contributed by atoms with Crippen LogP contribution in [0.15, 0.2) is 29.0 Å². The molecule has 3 rings (SSSR count). The highest BCUT2D eigenvalue weighted by Crippen LogP contribution is 2.25. The molecule has 0 bridgehead atoms. The number of hydrogen-bond acceptors (Lipinski definition) is 4. The molecule has 2 heterocycles. The normalized spacial score (nSPS) is 11.0. The molecule has 0 aliphatic heterocycles. The number of aromatic nitrogens is 3. The summed E-state index contributed by atoms with van der Waals surface area (Å²) in [6, 6.07) is 4.24. The summed E-state index contributed by atoms with van der Waals surface area (Å²) in [6.07, 6.45) is 1.63. The number of rotatable bonds is 3. The lowest BCUT2D eigenvalue weighted by molar-refractivity contribution is 0.0987. The van der Waals surface area contributed by atoms with Crippen LogP contribution in [-0.4, -0.2) is 34.4 Å². The Bertz CT molecular complexity index is 986. The van der Waals surface area contributed by atoms with Crippen LogP contribution in [-0.2, 0) is 0 Å². The second kappa shape index (κ2) is 6.44. The summed E-state index contributed by atoms with van der Waals surface area (Å²) in [7, 11) is 2.98. The summed E-state index contributed by atoms with van der Waals surface area (Å²) in [5, 5.41) is 0. The monoisotopic (exact) mass is 406 g/mol. The van der Waals surface area contributed by atoms with Crippen molar-refractivity contribution in [3.8, 4) is 5.75 Å². The van der Waals surface area contributed by atoms with Crippen LogP contribution in [0.1, 0.15) is 21.9 Å². The van der Waals surface area contributed by atoms with E-state index in [1.165, 1.54) is 30.2 Å². The number of methoxy groups -OCH3 is 1. The van der Waals surface area contributed by atoms with Gasteiger partial charge in [0.25, 0.3) is 5.91 Å². The Balaban J connectivity index is 2.03. The minimum atomic E-state index is -0.486. The number of benzene rings is 1. The maximum atomic E-state index is 13.6. The van der Waals surface area contributed by atoms with E-state index in [9.17, 15) is 9.18 Å². The van der Waals surface area contributed by atoms with Crippen molar-refractivity contribution in [3.05, 3.63) is 51.9 Å². The number of carbonyl (C=O) groups is 1. The number of amides is 1. The van der Waals surface area contributed by atoms with Gasteiger partial charge in [-0.05, 0) is 41.9 Å². The van der Waals surface area contributed by atoms with Crippen LogP contribution in [0.4, 0.5) is 10.1 Å². The molecule has 0 saturated heterocycles. The largest absolute Gasteiger partial charge is 0.494 e. The molecule has 0 aliphatic carbocycles. The van der Waals surface area contributed by atoms with Crippen molar-refractivity contribution in [3.63, 3.8) is 0 Å². The summed E-state index contributed by atoms with van der Waals surface area (Å²) in [4.78, 5) is 23.0. The van der Waals surface area contributed by atoms with E-state index in [0.29, 0.717) is 17.0 Å². The third-order valence-corrected chi connectivity index (χ3v) is 4.88. The van der Waals surface area contributed by atoms with Gasteiger partial charge in [-0.2, -0.15) is 0 Å². The molecule has 6 nitrogen and oxygen atoms in total. The zero-order valence-electron chi connectivity index (χ0n) is 14.2. The van der Waals surface area contributed by atoms with Gasteiger partial charge >= 0.3 is 0 Å². The maximum absolute atomic E-state index is 13.6. The summed E-state index contributed by atoms with van der Waals surface area (Å²) in [6.45, 7) is 3.67. The van der Waals surface area contributed by atoms with E-state index in [4.69, 9.17) is 4.74 Å². The molecule has 1 amide bonds. The quantitative estimate of drug-likeness (QED) is 0.667. The van der Waals surface area contributed by atoms with Crippen LogP contribution in [0.25, 0.3) is 5.65 Å².